The number of benzene rings is 2. The summed E-state index contributed by atoms with van der Waals surface area (Å²) in [5, 5.41) is 1.20. The molecule has 4 nitrogen and oxygen atoms in total. The Hall–Kier alpha value is -2.75. The Kier molecular flexibility index (Phi) is 4.65. The van der Waals surface area contributed by atoms with Crippen LogP contribution in [0.15, 0.2) is 54.6 Å². The number of fused-ring (bicyclic) bond motifs is 1. The Morgan fingerprint density at radius 2 is 1.96 bits per heavy atom. The molecule has 1 aromatic heterocycles. The van der Waals surface area contributed by atoms with Crippen LogP contribution in [-0.2, 0) is 11.2 Å². The van der Waals surface area contributed by atoms with Crippen molar-refractivity contribution >= 4 is 16.8 Å². The zero-order valence-electron chi connectivity index (χ0n) is 15.1. The summed E-state index contributed by atoms with van der Waals surface area (Å²) in [5.41, 5.74) is 3.31. The second kappa shape index (κ2) is 7.24. The molecule has 1 fully saturated rings. The quantitative estimate of drug-likeness (QED) is 0.756. The van der Waals surface area contributed by atoms with Gasteiger partial charge in [-0.2, -0.15) is 0 Å². The Balaban J connectivity index is 1.55. The van der Waals surface area contributed by atoms with Gasteiger partial charge in [0.15, 0.2) is 0 Å². The van der Waals surface area contributed by atoms with Gasteiger partial charge < -0.3 is 14.6 Å². The highest BCUT2D eigenvalue weighted by molar-refractivity contribution is 5.82. The van der Waals surface area contributed by atoms with Gasteiger partial charge in [-0.3, -0.25) is 4.79 Å². The number of carbonyl (C=O) groups excluding carboxylic acids is 1. The van der Waals surface area contributed by atoms with Crippen molar-refractivity contribution in [3.8, 4) is 5.75 Å². The molecule has 1 saturated heterocycles. The SMILES string of the molecule is COc1ccc(CC(=O)N2CCCCC2c2cc3ccccc3[nH]2)cc1. The average Bonchev–Trinajstić information content (AvgIpc) is 3.12. The number of nitrogens with one attached hydrogen (secondary N) is 1. The summed E-state index contributed by atoms with van der Waals surface area (Å²) in [6.07, 6.45) is 3.68. The molecule has 1 aliphatic rings. The lowest BCUT2D eigenvalue weighted by atomic mass is 9.98. The van der Waals surface area contributed by atoms with Crippen LogP contribution in [0.5, 0.6) is 5.75 Å². The van der Waals surface area contributed by atoms with Crippen LogP contribution in [0.2, 0.25) is 0 Å². The molecular formula is C22H24N2O2. The van der Waals surface area contributed by atoms with Gasteiger partial charge in [0.05, 0.1) is 19.6 Å². The fourth-order valence-electron chi connectivity index (χ4n) is 3.85. The van der Waals surface area contributed by atoms with Gasteiger partial charge in [0, 0.05) is 17.8 Å². The fraction of sp³-hybridized carbons (Fsp3) is 0.318. The minimum Gasteiger partial charge on any atom is -0.497 e. The first-order valence-electron chi connectivity index (χ1n) is 9.24. The molecule has 1 amide bonds. The van der Waals surface area contributed by atoms with Gasteiger partial charge in [-0.25, -0.2) is 0 Å². The molecule has 26 heavy (non-hydrogen) atoms. The predicted molar refractivity (Wildman–Crippen MR) is 103 cm³/mol. The summed E-state index contributed by atoms with van der Waals surface area (Å²) < 4.78 is 5.19. The first kappa shape index (κ1) is 16.7. The van der Waals surface area contributed by atoms with Gasteiger partial charge in [-0.05, 0) is 54.5 Å². The third-order valence-electron chi connectivity index (χ3n) is 5.25. The van der Waals surface area contributed by atoms with Crippen LogP contribution in [-0.4, -0.2) is 29.4 Å². The molecule has 0 radical (unpaired) electrons. The van der Waals surface area contributed by atoms with Crippen molar-refractivity contribution in [3.05, 3.63) is 65.9 Å². The van der Waals surface area contributed by atoms with E-state index in [1.807, 2.05) is 36.4 Å². The second-order valence-electron chi connectivity index (χ2n) is 6.94. The summed E-state index contributed by atoms with van der Waals surface area (Å²) in [7, 11) is 1.65. The highest BCUT2D eigenvalue weighted by Crippen LogP contribution is 2.32. The summed E-state index contributed by atoms with van der Waals surface area (Å²) >= 11 is 0. The van der Waals surface area contributed by atoms with E-state index in [4.69, 9.17) is 4.74 Å². The standard InChI is InChI=1S/C22H24N2O2/c1-26-18-11-9-16(10-12-18)14-22(25)24-13-5-4-8-21(24)20-15-17-6-2-3-7-19(17)23-20/h2-3,6-7,9-12,15,21,23H,4-5,8,13-14H2,1H3. The highest BCUT2D eigenvalue weighted by Gasteiger charge is 2.29. The summed E-state index contributed by atoms with van der Waals surface area (Å²) in [4.78, 5) is 18.6. The Labute approximate surface area is 153 Å². The molecule has 0 aliphatic carbocycles. The number of aromatic nitrogens is 1. The van der Waals surface area contributed by atoms with Gasteiger partial charge in [-0.15, -0.1) is 0 Å². The first-order valence-corrected chi connectivity index (χ1v) is 9.24. The van der Waals surface area contributed by atoms with Crippen LogP contribution in [0, 0.1) is 0 Å². The molecule has 4 rings (SSSR count). The monoisotopic (exact) mass is 348 g/mol. The molecule has 1 aliphatic heterocycles. The van der Waals surface area contributed by atoms with Crippen molar-refractivity contribution in [2.45, 2.75) is 31.7 Å². The van der Waals surface area contributed by atoms with Crippen molar-refractivity contribution in [1.82, 2.24) is 9.88 Å². The predicted octanol–water partition coefficient (Wildman–Crippen LogP) is 4.47. The summed E-state index contributed by atoms with van der Waals surface area (Å²) in [6, 6.07) is 18.4. The van der Waals surface area contributed by atoms with Crippen LogP contribution in [0.4, 0.5) is 0 Å². The lowest BCUT2D eigenvalue weighted by Gasteiger charge is -2.35. The molecule has 0 bridgehead atoms. The van der Waals surface area contributed by atoms with E-state index in [2.05, 4.69) is 28.1 Å². The molecule has 2 aromatic carbocycles. The Bertz CT molecular complexity index is 865. The van der Waals surface area contributed by atoms with Crippen molar-refractivity contribution in [2.75, 3.05) is 13.7 Å². The van der Waals surface area contributed by atoms with Crippen molar-refractivity contribution < 1.29 is 9.53 Å². The van der Waals surface area contributed by atoms with E-state index < -0.39 is 0 Å². The number of ether oxygens (including phenoxy) is 1. The maximum Gasteiger partial charge on any atom is 0.227 e. The van der Waals surface area contributed by atoms with Crippen LogP contribution in [0.25, 0.3) is 10.9 Å². The van der Waals surface area contributed by atoms with Gasteiger partial charge in [0.25, 0.3) is 0 Å². The topological polar surface area (TPSA) is 45.3 Å². The molecule has 2 heterocycles. The van der Waals surface area contributed by atoms with Crippen molar-refractivity contribution in [2.24, 2.45) is 0 Å². The highest BCUT2D eigenvalue weighted by atomic mass is 16.5. The van der Waals surface area contributed by atoms with Crippen LogP contribution >= 0.6 is 0 Å². The lowest BCUT2D eigenvalue weighted by Crippen LogP contribution is -2.39. The molecule has 1 N–H and O–H groups in total. The smallest absolute Gasteiger partial charge is 0.227 e. The van der Waals surface area contributed by atoms with E-state index in [1.54, 1.807) is 7.11 Å². The number of carbonyl (C=O) groups is 1. The molecule has 134 valence electrons. The van der Waals surface area contributed by atoms with Crippen LogP contribution in [0.1, 0.15) is 36.6 Å². The number of piperidine rings is 1. The molecule has 4 heteroatoms. The summed E-state index contributed by atoms with van der Waals surface area (Å²) in [6.45, 7) is 0.828. The summed E-state index contributed by atoms with van der Waals surface area (Å²) in [5.74, 6) is 1.01. The third kappa shape index (κ3) is 3.32. The molecular weight excluding hydrogens is 324 g/mol. The number of para-hydroxylation sites is 1. The van der Waals surface area contributed by atoms with E-state index in [9.17, 15) is 4.79 Å². The minimum atomic E-state index is 0.141. The number of aromatic amines is 1. The molecule has 0 spiro atoms. The number of methoxy groups -OCH3 is 1. The van der Waals surface area contributed by atoms with Gasteiger partial charge in [-0.1, -0.05) is 30.3 Å². The third-order valence-corrected chi connectivity index (χ3v) is 5.25. The molecule has 0 saturated carbocycles. The van der Waals surface area contributed by atoms with E-state index >= 15 is 0 Å². The van der Waals surface area contributed by atoms with Gasteiger partial charge in [0.1, 0.15) is 5.75 Å². The van der Waals surface area contributed by atoms with Crippen LogP contribution in [0.3, 0.4) is 0 Å². The number of amides is 1. The Morgan fingerprint density at radius 3 is 2.73 bits per heavy atom. The van der Waals surface area contributed by atoms with Crippen molar-refractivity contribution in [1.29, 1.82) is 0 Å². The average molecular weight is 348 g/mol. The van der Waals surface area contributed by atoms with Crippen LogP contribution < -0.4 is 4.74 Å². The maximum atomic E-state index is 13.0. The normalized spacial score (nSPS) is 17.4. The fourth-order valence-corrected chi connectivity index (χ4v) is 3.85. The lowest BCUT2D eigenvalue weighted by molar-refractivity contribution is -0.134. The van der Waals surface area contributed by atoms with E-state index in [0.29, 0.717) is 6.42 Å². The zero-order chi connectivity index (χ0) is 17.9. The first-order chi connectivity index (χ1) is 12.7. The molecule has 1 unspecified atom stereocenters. The zero-order valence-corrected chi connectivity index (χ0v) is 15.1. The number of likely N-dealkylation sites (tertiary alicyclic amines) is 1. The maximum absolute atomic E-state index is 13.0. The number of H-pyrrole nitrogens is 1. The van der Waals surface area contributed by atoms with E-state index in [1.165, 1.54) is 5.39 Å². The van der Waals surface area contributed by atoms with Gasteiger partial charge >= 0.3 is 0 Å². The second-order valence-corrected chi connectivity index (χ2v) is 6.94. The Morgan fingerprint density at radius 1 is 1.15 bits per heavy atom. The van der Waals surface area contributed by atoms with Gasteiger partial charge in [0.2, 0.25) is 5.91 Å². The van der Waals surface area contributed by atoms with E-state index in [-0.39, 0.29) is 11.9 Å². The molecule has 3 aromatic rings. The van der Waals surface area contributed by atoms with E-state index in [0.717, 1.165) is 48.3 Å². The number of rotatable bonds is 4. The minimum absolute atomic E-state index is 0.141. The largest absolute Gasteiger partial charge is 0.497 e. The molecule has 1 atom stereocenters. The number of nitrogens with zero attached hydrogens (tertiary/aromatic N) is 1. The number of hydrogen-bond acceptors (Lipinski definition) is 2. The van der Waals surface area contributed by atoms with Crippen molar-refractivity contribution in [3.63, 3.8) is 0 Å². The number of hydrogen-bond donors (Lipinski definition) is 1.